The quantitative estimate of drug-likeness (QED) is 0.863. The molecule has 1 aliphatic heterocycles. The van der Waals surface area contributed by atoms with Gasteiger partial charge in [0.15, 0.2) is 0 Å². The summed E-state index contributed by atoms with van der Waals surface area (Å²) in [7, 11) is -1.76. The Morgan fingerprint density at radius 3 is 2.65 bits per heavy atom. The van der Waals surface area contributed by atoms with Gasteiger partial charge < -0.3 is 10.2 Å². The standard InChI is InChI=1S/C12H17N3O2S.2ClH/c1-14-6-8-15-7-5-11-10(9-15)3-2-4-12(11)18(13,16)17;;/h2-5,7,14H,6,8-9H2,1H3,(H2,13,16,17);2*1H. The van der Waals surface area contributed by atoms with Crippen LogP contribution in [0, 0.1) is 0 Å². The molecule has 0 unspecified atom stereocenters. The van der Waals surface area contributed by atoms with Crippen LogP contribution in [0.4, 0.5) is 0 Å². The van der Waals surface area contributed by atoms with E-state index in [0.717, 1.165) is 18.7 Å². The number of rotatable bonds is 4. The lowest BCUT2D eigenvalue weighted by molar-refractivity contribution is 0.366. The number of sulfonamides is 1. The third-order valence-corrected chi connectivity index (χ3v) is 3.91. The molecule has 0 aliphatic carbocycles. The van der Waals surface area contributed by atoms with E-state index in [9.17, 15) is 8.42 Å². The summed E-state index contributed by atoms with van der Waals surface area (Å²) in [5, 5.41) is 8.29. The Bertz CT molecular complexity index is 576. The number of fused-ring (bicyclic) bond motifs is 1. The molecule has 1 aliphatic rings. The second kappa shape index (κ2) is 7.85. The number of primary sulfonamides is 1. The molecule has 0 saturated carbocycles. The summed E-state index contributed by atoms with van der Waals surface area (Å²) in [6.07, 6.45) is 3.72. The molecule has 20 heavy (non-hydrogen) atoms. The molecule has 2 rings (SSSR count). The van der Waals surface area contributed by atoms with Crippen molar-refractivity contribution in [3.05, 3.63) is 35.5 Å². The fourth-order valence-corrected chi connectivity index (χ4v) is 2.80. The number of nitrogens with zero attached hydrogens (tertiary/aromatic N) is 1. The number of nitrogens with one attached hydrogen (secondary N) is 1. The molecular weight excluding hydrogens is 321 g/mol. The predicted molar refractivity (Wildman–Crippen MR) is 85.7 cm³/mol. The molecule has 114 valence electrons. The second-order valence-electron chi connectivity index (χ2n) is 4.26. The largest absolute Gasteiger partial charge is 0.372 e. The minimum absolute atomic E-state index is 0. The average molecular weight is 340 g/mol. The average Bonchev–Trinajstić information content (AvgIpc) is 2.34. The molecule has 3 N–H and O–H groups in total. The van der Waals surface area contributed by atoms with Crippen LogP contribution in [-0.2, 0) is 16.6 Å². The molecule has 0 amide bonds. The van der Waals surface area contributed by atoms with Crippen LogP contribution >= 0.6 is 24.8 Å². The highest BCUT2D eigenvalue weighted by Gasteiger charge is 2.18. The maximum absolute atomic E-state index is 11.5. The van der Waals surface area contributed by atoms with Crippen molar-refractivity contribution in [2.45, 2.75) is 11.4 Å². The molecule has 1 aromatic rings. The van der Waals surface area contributed by atoms with Crippen LogP contribution in [0.2, 0.25) is 0 Å². The smallest absolute Gasteiger partial charge is 0.238 e. The van der Waals surface area contributed by atoms with Crippen molar-refractivity contribution in [1.29, 1.82) is 0 Å². The minimum atomic E-state index is -3.66. The van der Waals surface area contributed by atoms with Gasteiger partial charge in [0, 0.05) is 31.4 Å². The fraction of sp³-hybridized carbons (Fsp3) is 0.333. The molecule has 0 radical (unpaired) electrons. The van der Waals surface area contributed by atoms with E-state index >= 15 is 0 Å². The lowest BCUT2D eigenvalue weighted by Gasteiger charge is -2.26. The molecule has 0 bridgehead atoms. The van der Waals surface area contributed by atoms with Crippen molar-refractivity contribution in [2.75, 3.05) is 20.1 Å². The molecule has 1 aromatic carbocycles. The van der Waals surface area contributed by atoms with Gasteiger partial charge in [-0.05, 0) is 24.8 Å². The van der Waals surface area contributed by atoms with E-state index in [1.807, 2.05) is 25.4 Å². The normalized spacial score (nSPS) is 13.2. The van der Waals surface area contributed by atoms with Gasteiger partial charge in [-0.3, -0.25) is 0 Å². The van der Waals surface area contributed by atoms with Gasteiger partial charge in [0.25, 0.3) is 0 Å². The summed E-state index contributed by atoms with van der Waals surface area (Å²) in [6.45, 7) is 2.47. The zero-order valence-electron chi connectivity index (χ0n) is 11.1. The van der Waals surface area contributed by atoms with E-state index in [4.69, 9.17) is 5.14 Å². The number of likely N-dealkylation sites (N-methyl/N-ethyl adjacent to an activating group) is 1. The first kappa shape index (κ1) is 19.2. The number of benzene rings is 1. The maximum Gasteiger partial charge on any atom is 0.238 e. The van der Waals surface area contributed by atoms with Crippen molar-refractivity contribution >= 4 is 40.9 Å². The van der Waals surface area contributed by atoms with Crippen LogP contribution in [0.25, 0.3) is 6.08 Å². The van der Waals surface area contributed by atoms with Gasteiger partial charge in [0.2, 0.25) is 10.0 Å². The van der Waals surface area contributed by atoms with E-state index in [-0.39, 0.29) is 29.7 Å². The Hall–Kier alpha value is -0.790. The second-order valence-corrected chi connectivity index (χ2v) is 5.79. The number of halogens is 2. The van der Waals surface area contributed by atoms with Gasteiger partial charge in [0.1, 0.15) is 0 Å². The highest BCUT2D eigenvalue weighted by atomic mass is 35.5. The monoisotopic (exact) mass is 339 g/mol. The number of hydrogen-bond donors (Lipinski definition) is 2. The summed E-state index contributed by atoms with van der Waals surface area (Å²) in [5.41, 5.74) is 1.70. The van der Waals surface area contributed by atoms with Gasteiger partial charge in [-0.15, -0.1) is 24.8 Å². The molecule has 0 aromatic heterocycles. The first-order chi connectivity index (χ1) is 8.52. The highest BCUT2D eigenvalue weighted by Crippen LogP contribution is 2.25. The van der Waals surface area contributed by atoms with Crippen LogP contribution in [0.15, 0.2) is 29.3 Å². The van der Waals surface area contributed by atoms with Crippen LogP contribution in [0.1, 0.15) is 11.1 Å². The number of hydrogen-bond acceptors (Lipinski definition) is 4. The van der Waals surface area contributed by atoms with E-state index < -0.39 is 10.0 Å². The Morgan fingerprint density at radius 2 is 2.05 bits per heavy atom. The van der Waals surface area contributed by atoms with Crippen molar-refractivity contribution in [1.82, 2.24) is 10.2 Å². The first-order valence-electron chi connectivity index (χ1n) is 5.74. The van der Waals surface area contributed by atoms with E-state index in [0.29, 0.717) is 12.1 Å². The topological polar surface area (TPSA) is 75.4 Å². The van der Waals surface area contributed by atoms with E-state index in [1.54, 1.807) is 12.1 Å². The van der Waals surface area contributed by atoms with Crippen molar-refractivity contribution in [3.8, 4) is 0 Å². The highest BCUT2D eigenvalue weighted by molar-refractivity contribution is 7.89. The lowest BCUT2D eigenvalue weighted by atomic mass is 10.0. The minimum Gasteiger partial charge on any atom is -0.372 e. The first-order valence-corrected chi connectivity index (χ1v) is 7.28. The van der Waals surface area contributed by atoms with Crippen LogP contribution < -0.4 is 10.5 Å². The summed E-state index contributed by atoms with van der Waals surface area (Å²) in [6, 6.07) is 5.20. The fourth-order valence-electron chi connectivity index (χ4n) is 2.03. The molecule has 1 heterocycles. The molecule has 0 fully saturated rings. The maximum atomic E-state index is 11.5. The van der Waals surface area contributed by atoms with Gasteiger partial charge >= 0.3 is 0 Å². The molecule has 0 saturated heterocycles. The van der Waals surface area contributed by atoms with E-state index in [1.165, 1.54) is 0 Å². The molecule has 5 nitrogen and oxygen atoms in total. The van der Waals surface area contributed by atoms with Gasteiger partial charge in [-0.1, -0.05) is 12.1 Å². The van der Waals surface area contributed by atoms with Crippen LogP contribution in [0.3, 0.4) is 0 Å². The molecular formula is C12H19Cl2N3O2S. The van der Waals surface area contributed by atoms with Crippen molar-refractivity contribution < 1.29 is 8.42 Å². The zero-order chi connectivity index (χ0) is 13.2. The molecule has 0 atom stereocenters. The third-order valence-electron chi connectivity index (χ3n) is 2.94. The third kappa shape index (κ3) is 4.36. The van der Waals surface area contributed by atoms with E-state index in [2.05, 4.69) is 10.2 Å². The summed E-state index contributed by atoms with van der Waals surface area (Å²) in [5.74, 6) is 0. The van der Waals surface area contributed by atoms with Gasteiger partial charge in [-0.25, -0.2) is 13.6 Å². The Morgan fingerprint density at radius 1 is 1.35 bits per heavy atom. The van der Waals surface area contributed by atoms with Crippen LogP contribution in [-0.4, -0.2) is 33.5 Å². The Balaban J connectivity index is 0.00000180. The summed E-state index contributed by atoms with van der Waals surface area (Å²) >= 11 is 0. The predicted octanol–water partition coefficient (Wildman–Crippen LogP) is 1.18. The van der Waals surface area contributed by atoms with Gasteiger partial charge in [-0.2, -0.15) is 0 Å². The molecule has 8 heteroatoms. The van der Waals surface area contributed by atoms with Crippen molar-refractivity contribution in [2.24, 2.45) is 5.14 Å². The number of nitrogens with two attached hydrogens (primary N) is 1. The Kier molecular flexibility index (Phi) is 7.54. The summed E-state index contributed by atoms with van der Waals surface area (Å²) in [4.78, 5) is 2.33. The van der Waals surface area contributed by atoms with Crippen molar-refractivity contribution in [3.63, 3.8) is 0 Å². The lowest BCUT2D eigenvalue weighted by Crippen LogP contribution is -2.28. The zero-order valence-corrected chi connectivity index (χ0v) is 13.5. The van der Waals surface area contributed by atoms with Gasteiger partial charge in [0.05, 0.1) is 4.90 Å². The SMILES string of the molecule is CNCCN1C=Cc2c(cccc2S(N)(=O)=O)C1.Cl.Cl. The summed E-state index contributed by atoms with van der Waals surface area (Å²) < 4.78 is 23.0. The Labute approximate surface area is 132 Å². The van der Waals surface area contributed by atoms with Crippen LogP contribution in [0.5, 0.6) is 0 Å². The molecule has 0 spiro atoms.